The lowest BCUT2D eigenvalue weighted by Gasteiger charge is -2.49. The molecule has 1 aromatic heterocycles. The highest BCUT2D eigenvalue weighted by atomic mass is 19.4. The minimum atomic E-state index is -5.01. The van der Waals surface area contributed by atoms with E-state index in [9.17, 15) is 35.9 Å². The summed E-state index contributed by atoms with van der Waals surface area (Å²) < 4.78 is 94.8. The van der Waals surface area contributed by atoms with Crippen LogP contribution in [0.15, 0.2) is 60.9 Å². The van der Waals surface area contributed by atoms with Crippen LogP contribution in [0.2, 0.25) is 0 Å². The molecule has 2 aromatic carbocycles. The third kappa shape index (κ3) is 10.8. The molecule has 2 aliphatic heterocycles. The Balaban J connectivity index is 1.34. The van der Waals surface area contributed by atoms with Crippen molar-refractivity contribution < 1.29 is 45.4 Å². The van der Waals surface area contributed by atoms with Crippen LogP contribution in [-0.2, 0) is 44.4 Å². The van der Waals surface area contributed by atoms with Gasteiger partial charge in [-0.1, -0.05) is 37.3 Å². The minimum Gasteiger partial charge on any atom is -0.466 e. The number of hydrogen-bond donors (Lipinski definition) is 0. The van der Waals surface area contributed by atoms with Crippen LogP contribution >= 0.6 is 0 Å². The number of benzene rings is 2. The summed E-state index contributed by atoms with van der Waals surface area (Å²) in [5.74, 6) is -0.0901. The van der Waals surface area contributed by atoms with Gasteiger partial charge in [-0.25, -0.2) is 9.97 Å². The van der Waals surface area contributed by atoms with Crippen molar-refractivity contribution in [2.45, 2.75) is 109 Å². The molecule has 3 aliphatic rings. The number of ether oxygens (including phenoxy) is 2. The van der Waals surface area contributed by atoms with Gasteiger partial charge in [0.2, 0.25) is 11.9 Å². The van der Waals surface area contributed by atoms with E-state index in [-0.39, 0.29) is 59.9 Å². The Morgan fingerprint density at radius 1 is 0.842 bits per heavy atom. The van der Waals surface area contributed by atoms with Crippen molar-refractivity contribution in [2.24, 2.45) is 11.8 Å². The van der Waals surface area contributed by atoms with Crippen molar-refractivity contribution in [3.05, 3.63) is 83.2 Å². The maximum atomic E-state index is 14.6. The van der Waals surface area contributed by atoms with Gasteiger partial charge in [-0.2, -0.15) is 26.3 Å². The normalized spacial score (nSPS) is 23.3. The first-order valence-corrected chi connectivity index (χ1v) is 19.9. The second-order valence-corrected chi connectivity index (χ2v) is 15.4. The molecule has 0 unspecified atom stereocenters. The van der Waals surface area contributed by atoms with E-state index in [0.717, 1.165) is 36.2 Å². The zero-order valence-electron chi connectivity index (χ0n) is 32.4. The number of aromatic nitrogens is 2. The average Bonchev–Trinajstić information content (AvgIpc) is 3.20. The maximum absolute atomic E-state index is 14.6. The van der Waals surface area contributed by atoms with Crippen LogP contribution in [0.4, 0.5) is 38.0 Å². The Morgan fingerprint density at radius 2 is 1.46 bits per heavy atom. The number of halogens is 6. The lowest BCUT2D eigenvalue weighted by Crippen LogP contribution is -2.59. The summed E-state index contributed by atoms with van der Waals surface area (Å²) >= 11 is 0. The Kier molecular flexibility index (Phi) is 13.7. The van der Waals surface area contributed by atoms with Gasteiger partial charge in [-0.3, -0.25) is 9.59 Å². The highest BCUT2D eigenvalue weighted by Gasteiger charge is 2.44. The molecule has 2 saturated heterocycles. The van der Waals surface area contributed by atoms with Gasteiger partial charge in [0.05, 0.1) is 49.0 Å². The molecular weight excluding hydrogens is 752 g/mol. The largest absolute Gasteiger partial charge is 0.466 e. The number of rotatable bonds is 12. The van der Waals surface area contributed by atoms with Crippen LogP contribution in [0.3, 0.4) is 0 Å². The Labute approximate surface area is 329 Å². The number of esters is 1. The van der Waals surface area contributed by atoms with Gasteiger partial charge in [0.25, 0.3) is 0 Å². The summed E-state index contributed by atoms with van der Waals surface area (Å²) in [7, 11) is 0. The number of morpholine rings is 1. The topological polar surface area (TPSA) is 88.1 Å². The van der Waals surface area contributed by atoms with E-state index in [0.29, 0.717) is 77.9 Å². The van der Waals surface area contributed by atoms with Gasteiger partial charge in [-0.15, -0.1) is 0 Å². The third-order valence-corrected chi connectivity index (χ3v) is 11.6. The maximum Gasteiger partial charge on any atom is 0.416 e. The monoisotopic (exact) mass is 803 g/mol. The van der Waals surface area contributed by atoms with E-state index in [1.165, 1.54) is 0 Å². The van der Waals surface area contributed by atoms with Crippen LogP contribution in [0.5, 0.6) is 0 Å². The number of carbonyl (C=O) groups is 2. The summed E-state index contributed by atoms with van der Waals surface area (Å²) in [6, 6.07) is 10.3. The zero-order chi connectivity index (χ0) is 40.7. The fourth-order valence-corrected chi connectivity index (χ4v) is 8.69. The molecular formula is C42H51F6N5O4. The summed E-state index contributed by atoms with van der Waals surface area (Å²) in [5.41, 5.74) is -1.22. The second kappa shape index (κ2) is 18.5. The smallest absolute Gasteiger partial charge is 0.416 e. The summed E-state index contributed by atoms with van der Waals surface area (Å²) in [6.45, 7) is 6.06. The molecule has 6 rings (SSSR count). The number of anilines is 2. The number of likely N-dealkylation sites (tertiary alicyclic amines) is 1. The van der Waals surface area contributed by atoms with E-state index in [4.69, 9.17) is 9.47 Å². The van der Waals surface area contributed by atoms with Crippen LogP contribution < -0.4 is 9.80 Å². The van der Waals surface area contributed by atoms with E-state index < -0.39 is 29.5 Å². The summed E-state index contributed by atoms with van der Waals surface area (Å²) in [6.07, 6.45) is -1.80. The third-order valence-electron chi connectivity index (χ3n) is 11.6. The molecule has 3 heterocycles. The SMILES string of the molecule is CCOC(=O)CC1CCC(C(=O)N2[C@H](CC)C[C@H](N(Cc3cc(C(F)(F)F)cc(C(F)(F)F)c3)c3ncc(N4CCOCC4)cn3)C[C@@H]2Cc2ccccc2)CC1. The summed E-state index contributed by atoms with van der Waals surface area (Å²) in [4.78, 5) is 41.9. The molecule has 9 nitrogen and oxygen atoms in total. The standard InChI is InChI=1S/C42H51F6N5O4/c1-3-34-23-35(24-36(20-28-8-6-5-7-9-28)53(34)39(55)31-12-10-29(11-13-31)21-38(54)57-4-2)52(40-49-25-37(26-50-40)51-14-16-56-17-15-51)27-30-18-32(41(43,44)45)22-33(19-30)42(46,47)48/h5-9,18-19,22,25-26,29,31,34-36H,3-4,10-17,20-21,23-24,27H2,1-2H3/t29?,31?,34-,35+,36+/m1/s1. The number of alkyl halides is 6. The van der Waals surface area contributed by atoms with Crippen molar-refractivity contribution in [3.8, 4) is 0 Å². The zero-order valence-corrected chi connectivity index (χ0v) is 32.4. The van der Waals surface area contributed by atoms with Gasteiger partial charge in [0.15, 0.2) is 0 Å². The highest BCUT2D eigenvalue weighted by Crippen LogP contribution is 2.40. The summed E-state index contributed by atoms with van der Waals surface area (Å²) in [5, 5.41) is 0. The fourth-order valence-electron chi connectivity index (χ4n) is 8.69. The number of piperidine rings is 1. The number of nitrogens with zero attached hydrogens (tertiary/aromatic N) is 5. The van der Waals surface area contributed by atoms with Crippen LogP contribution in [0, 0.1) is 11.8 Å². The van der Waals surface area contributed by atoms with E-state index in [1.54, 1.807) is 24.2 Å². The van der Waals surface area contributed by atoms with Crippen molar-refractivity contribution in [2.75, 3.05) is 42.7 Å². The lowest BCUT2D eigenvalue weighted by atomic mass is 9.78. The van der Waals surface area contributed by atoms with Crippen molar-refractivity contribution in [1.29, 1.82) is 0 Å². The molecule has 3 fully saturated rings. The Morgan fingerprint density at radius 3 is 2.04 bits per heavy atom. The molecule has 0 N–H and O–H groups in total. The fraction of sp³-hybridized carbons (Fsp3) is 0.571. The van der Waals surface area contributed by atoms with Crippen LogP contribution in [-0.4, -0.2) is 77.8 Å². The van der Waals surface area contributed by atoms with E-state index in [1.807, 2.05) is 42.2 Å². The van der Waals surface area contributed by atoms with Crippen molar-refractivity contribution >= 4 is 23.5 Å². The number of amides is 1. The Hall–Kier alpha value is -4.40. The molecule has 57 heavy (non-hydrogen) atoms. The van der Waals surface area contributed by atoms with Gasteiger partial charge in [0, 0.05) is 50.1 Å². The molecule has 310 valence electrons. The molecule has 1 saturated carbocycles. The van der Waals surface area contributed by atoms with Crippen molar-refractivity contribution in [3.63, 3.8) is 0 Å². The number of carbonyl (C=O) groups excluding carboxylic acids is 2. The quantitative estimate of drug-likeness (QED) is 0.133. The molecule has 3 aromatic rings. The van der Waals surface area contributed by atoms with Crippen molar-refractivity contribution in [1.82, 2.24) is 14.9 Å². The van der Waals surface area contributed by atoms with E-state index >= 15 is 0 Å². The van der Waals surface area contributed by atoms with Gasteiger partial charge in [-0.05, 0) is 93.5 Å². The second-order valence-electron chi connectivity index (χ2n) is 15.4. The van der Waals surface area contributed by atoms with E-state index in [2.05, 4.69) is 14.9 Å². The van der Waals surface area contributed by atoms with Crippen LogP contribution in [0.25, 0.3) is 0 Å². The molecule has 1 aliphatic carbocycles. The van der Waals surface area contributed by atoms with Gasteiger partial charge >= 0.3 is 18.3 Å². The predicted molar refractivity (Wildman–Crippen MR) is 202 cm³/mol. The van der Waals surface area contributed by atoms with Crippen LogP contribution in [0.1, 0.15) is 87.5 Å². The molecule has 1 amide bonds. The molecule has 0 spiro atoms. The molecule has 0 bridgehead atoms. The molecule has 3 atom stereocenters. The first-order valence-electron chi connectivity index (χ1n) is 19.9. The minimum absolute atomic E-state index is 0.0428. The number of hydrogen-bond acceptors (Lipinski definition) is 8. The average molecular weight is 804 g/mol. The molecule has 15 heteroatoms. The molecule has 0 radical (unpaired) electrons. The highest BCUT2D eigenvalue weighted by molar-refractivity contribution is 5.80. The first-order chi connectivity index (χ1) is 27.2. The van der Waals surface area contributed by atoms with Gasteiger partial charge < -0.3 is 24.2 Å². The van der Waals surface area contributed by atoms with Gasteiger partial charge in [0.1, 0.15) is 0 Å². The first kappa shape index (κ1) is 42.2. The predicted octanol–water partition coefficient (Wildman–Crippen LogP) is 8.50. The Bertz CT molecular complexity index is 1750. The lowest BCUT2D eigenvalue weighted by molar-refractivity contribution is -0.146.